The Labute approximate surface area is 154 Å². The molecule has 0 aliphatic carbocycles. The number of alkyl halides is 3. The van der Waals surface area contributed by atoms with Crippen molar-refractivity contribution >= 4 is 5.95 Å². The van der Waals surface area contributed by atoms with Crippen molar-refractivity contribution in [1.29, 1.82) is 0 Å². The third-order valence-corrected chi connectivity index (χ3v) is 4.52. The van der Waals surface area contributed by atoms with E-state index >= 15 is 0 Å². The van der Waals surface area contributed by atoms with Crippen LogP contribution in [0.25, 0.3) is 0 Å². The fraction of sp³-hybridized carbons (Fsp3) is 0.368. The normalized spacial score (nSPS) is 14.9. The first-order chi connectivity index (χ1) is 12.8. The van der Waals surface area contributed by atoms with Gasteiger partial charge in [0, 0.05) is 19.5 Å². The molecule has 5 nitrogen and oxygen atoms in total. The number of aromatic nitrogens is 2. The predicted molar refractivity (Wildman–Crippen MR) is 96.2 cm³/mol. The summed E-state index contributed by atoms with van der Waals surface area (Å²) in [6.07, 6.45) is 1.64. The van der Waals surface area contributed by atoms with Crippen LogP contribution in [0.4, 0.5) is 19.1 Å². The number of nitrogens with zero attached hydrogens (tertiary/aromatic N) is 2. The summed E-state index contributed by atoms with van der Waals surface area (Å²) in [4.78, 5) is 17.3. The Morgan fingerprint density at radius 1 is 1.37 bits per heavy atom. The highest BCUT2D eigenvalue weighted by Gasteiger charge is 2.30. The molecule has 3 rings (SSSR count). The minimum atomic E-state index is -4.38. The topological polar surface area (TPSA) is 59.0 Å². The Kier molecular flexibility index (Phi) is 5.24. The third kappa shape index (κ3) is 3.98. The lowest BCUT2D eigenvalue weighted by Crippen LogP contribution is -2.36. The second-order valence-electron chi connectivity index (χ2n) is 6.37. The van der Waals surface area contributed by atoms with E-state index in [0.717, 1.165) is 18.7 Å². The third-order valence-electron chi connectivity index (χ3n) is 4.52. The summed E-state index contributed by atoms with van der Waals surface area (Å²) in [6, 6.07) is 4.53. The molecule has 142 valence electrons. The van der Waals surface area contributed by atoms with E-state index in [1.54, 1.807) is 6.92 Å². The van der Waals surface area contributed by atoms with Crippen molar-refractivity contribution in [1.82, 2.24) is 14.9 Å². The quantitative estimate of drug-likeness (QED) is 0.806. The number of rotatable bonds is 4. The van der Waals surface area contributed by atoms with E-state index in [1.165, 1.54) is 16.7 Å². The summed E-state index contributed by atoms with van der Waals surface area (Å²) in [5.74, 6) is 2.77. The van der Waals surface area contributed by atoms with Crippen LogP contribution in [-0.4, -0.2) is 16.1 Å². The SMILES string of the molecule is C#CCn1c(N[C@@H](C)c2ccc(C(F)(F)F)cc2)nc2c(c1=O)CNCC2. The Hall–Kier alpha value is -2.79. The molecule has 1 aromatic heterocycles. The molecule has 1 aliphatic heterocycles. The van der Waals surface area contributed by atoms with Crippen molar-refractivity contribution in [3.05, 3.63) is 57.0 Å². The number of fused-ring (bicyclic) bond motifs is 1. The summed E-state index contributed by atoms with van der Waals surface area (Å²) >= 11 is 0. The maximum Gasteiger partial charge on any atom is 0.416 e. The highest BCUT2D eigenvalue weighted by Crippen LogP contribution is 2.30. The van der Waals surface area contributed by atoms with Crippen molar-refractivity contribution in [3.63, 3.8) is 0 Å². The second kappa shape index (κ2) is 7.45. The Balaban J connectivity index is 1.91. The van der Waals surface area contributed by atoms with Crippen LogP contribution in [-0.2, 0) is 25.7 Å². The van der Waals surface area contributed by atoms with Gasteiger partial charge in [-0.15, -0.1) is 6.42 Å². The van der Waals surface area contributed by atoms with Crippen molar-refractivity contribution in [2.75, 3.05) is 11.9 Å². The highest BCUT2D eigenvalue weighted by molar-refractivity contribution is 5.38. The van der Waals surface area contributed by atoms with Crippen LogP contribution >= 0.6 is 0 Å². The number of nitrogens with one attached hydrogen (secondary N) is 2. The van der Waals surface area contributed by atoms with Gasteiger partial charge in [0.2, 0.25) is 5.95 Å². The molecule has 0 bridgehead atoms. The molecule has 0 saturated carbocycles. The fourth-order valence-electron chi connectivity index (χ4n) is 3.03. The summed E-state index contributed by atoms with van der Waals surface area (Å²) in [7, 11) is 0. The molecule has 2 aromatic rings. The largest absolute Gasteiger partial charge is 0.416 e. The van der Waals surface area contributed by atoms with Crippen LogP contribution in [0.2, 0.25) is 0 Å². The maximum absolute atomic E-state index is 12.7. The molecular weight excluding hydrogens is 357 g/mol. The van der Waals surface area contributed by atoms with Gasteiger partial charge in [0.05, 0.1) is 29.4 Å². The van der Waals surface area contributed by atoms with Gasteiger partial charge in [0.15, 0.2) is 0 Å². The van der Waals surface area contributed by atoms with Gasteiger partial charge in [0.1, 0.15) is 0 Å². The molecule has 0 radical (unpaired) electrons. The average Bonchev–Trinajstić information content (AvgIpc) is 2.64. The van der Waals surface area contributed by atoms with Crippen LogP contribution in [0.1, 0.15) is 35.3 Å². The second-order valence-corrected chi connectivity index (χ2v) is 6.37. The molecule has 0 saturated heterocycles. The Morgan fingerprint density at radius 3 is 2.70 bits per heavy atom. The van der Waals surface area contributed by atoms with Crippen molar-refractivity contribution < 1.29 is 13.2 Å². The minimum Gasteiger partial charge on any atom is -0.349 e. The molecule has 1 aromatic carbocycles. The van der Waals surface area contributed by atoms with Gasteiger partial charge in [-0.25, -0.2) is 4.98 Å². The van der Waals surface area contributed by atoms with Crippen LogP contribution in [0.15, 0.2) is 29.1 Å². The first-order valence-electron chi connectivity index (χ1n) is 8.51. The molecule has 0 unspecified atom stereocenters. The van der Waals surface area contributed by atoms with Gasteiger partial charge in [-0.1, -0.05) is 18.1 Å². The number of hydrogen-bond acceptors (Lipinski definition) is 4. The first-order valence-corrected chi connectivity index (χ1v) is 8.51. The first kappa shape index (κ1) is 19.0. The molecule has 1 aliphatic rings. The van der Waals surface area contributed by atoms with Gasteiger partial charge in [-0.2, -0.15) is 13.2 Å². The minimum absolute atomic E-state index is 0.0567. The number of benzene rings is 1. The van der Waals surface area contributed by atoms with Crippen LogP contribution in [0.3, 0.4) is 0 Å². The van der Waals surface area contributed by atoms with Crippen molar-refractivity contribution in [3.8, 4) is 12.3 Å². The van der Waals surface area contributed by atoms with E-state index in [4.69, 9.17) is 6.42 Å². The zero-order valence-corrected chi connectivity index (χ0v) is 14.7. The molecule has 0 spiro atoms. The van der Waals surface area contributed by atoms with E-state index in [-0.39, 0.29) is 18.1 Å². The molecular formula is C19H19F3N4O. The molecule has 0 amide bonds. The van der Waals surface area contributed by atoms with Gasteiger partial charge in [0.25, 0.3) is 5.56 Å². The number of halogens is 3. The monoisotopic (exact) mass is 376 g/mol. The Morgan fingerprint density at radius 2 is 2.07 bits per heavy atom. The fourth-order valence-corrected chi connectivity index (χ4v) is 3.03. The van der Waals surface area contributed by atoms with Crippen LogP contribution in [0.5, 0.6) is 0 Å². The van der Waals surface area contributed by atoms with Gasteiger partial charge >= 0.3 is 6.18 Å². The highest BCUT2D eigenvalue weighted by atomic mass is 19.4. The summed E-state index contributed by atoms with van der Waals surface area (Å²) < 4.78 is 39.5. The van der Waals surface area contributed by atoms with E-state index in [0.29, 0.717) is 35.7 Å². The van der Waals surface area contributed by atoms with E-state index in [9.17, 15) is 18.0 Å². The molecule has 2 N–H and O–H groups in total. The van der Waals surface area contributed by atoms with E-state index in [2.05, 4.69) is 21.5 Å². The standard InChI is InChI=1S/C19H19F3N4O/c1-3-10-26-17(27)15-11-23-9-8-16(15)25-18(26)24-12(2)13-4-6-14(7-5-13)19(20,21)22/h1,4-7,12,23H,8-11H2,2H3,(H,24,25)/t12-/m0/s1. The lowest BCUT2D eigenvalue weighted by molar-refractivity contribution is -0.137. The predicted octanol–water partition coefficient (Wildman–Crippen LogP) is 2.71. The van der Waals surface area contributed by atoms with Gasteiger partial charge in [-0.3, -0.25) is 9.36 Å². The smallest absolute Gasteiger partial charge is 0.349 e. The zero-order valence-electron chi connectivity index (χ0n) is 14.7. The number of hydrogen-bond donors (Lipinski definition) is 2. The molecule has 27 heavy (non-hydrogen) atoms. The summed E-state index contributed by atoms with van der Waals surface area (Å²) in [5, 5.41) is 6.25. The molecule has 1 atom stereocenters. The van der Waals surface area contributed by atoms with E-state index in [1.807, 2.05) is 0 Å². The molecule has 0 fully saturated rings. The van der Waals surface area contributed by atoms with Crippen LogP contribution in [0, 0.1) is 12.3 Å². The van der Waals surface area contributed by atoms with Gasteiger partial charge in [-0.05, 0) is 24.6 Å². The van der Waals surface area contributed by atoms with Crippen molar-refractivity contribution in [2.45, 2.75) is 38.7 Å². The maximum atomic E-state index is 12.7. The number of terminal acetylenes is 1. The molecule has 2 heterocycles. The summed E-state index contributed by atoms with van der Waals surface area (Å²) in [6.45, 7) is 3.02. The summed E-state index contributed by atoms with van der Waals surface area (Å²) in [5.41, 5.74) is 1.05. The van der Waals surface area contributed by atoms with Crippen LogP contribution < -0.4 is 16.2 Å². The van der Waals surface area contributed by atoms with E-state index < -0.39 is 11.7 Å². The average molecular weight is 376 g/mol. The zero-order chi connectivity index (χ0) is 19.6. The number of anilines is 1. The lowest BCUT2D eigenvalue weighted by atomic mass is 10.1. The lowest BCUT2D eigenvalue weighted by Gasteiger charge is -2.22. The Bertz CT molecular complexity index is 926. The molecule has 8 heteroatoms. The van der Waals surface area contributed by atoms with Gasteiger partial charge < -0.3 is 10.6 Å². The van der Waals surface area contributed by atoms with Crippen molar-refractivity contribution in [2.24, 2.45) is 0 Å².